The van der Waals surface area contributed by atoms with Gasteiger partial charge in [0.05, 0.1) is 17.8 Å². The molecule has 192 valence electrons. The normalized spacial score (nSPS) is 15.9. The molecule has 6 nitrogen and oxygen atoms in total. The van der Waals surface area contributed by atoms with Crippen LogP contribution in [0.25, 0.3) is 23.3 Å². The summed E-state index contributed by atoms with van der Waals surface area (Å²) in [7, 11) is 0. The van der Waals surface area contributed by atoms with Crippen molar-refractivity contribution < 1.29 is 9.18 Å². The van der Waals surface area contributed by atoms with Gasteiger partial charge < -0.3 is 4.90 Å². The smallest absolute Gasteiger partial charge is 0.250 e. The van der Waals surface area contributed by atoms with Crippen LogP contribution in [0.4, 0.5) is 4.39 Å². The van der Waals surface area contributed by atoms with Crippen molar-refractivity contribution in [3.63, 3.8) is 0 Å². The van der Waals surface area contributed by atoms with Gasteiger partial charge in [-0.05, 0) is 67.3 Å². The lowest BCUT2D eigenvalue weighted by molar-refractivity contribution is -0.131. The molecule has 2 aromatic heterocycles. The first kappa shape index (κ1) is 25.3. The van der Waals surface area contributed by atoms with Crippen LogP contribution < -0.4 is 0 Å². The van der Waals surface area contributed by atoms with E-state index < -0.39 is 0 Å². The van der Waals surface area contributed by atoms with E-state index in [0.29, 0.717) is 18.9 Å². The SMILES string of the molecule is C/C=C\C=C/c1cccc(CC(=O)N2CCCC(c3cc(-c4ccc(F)cc4)nn3-c3ncccn3)C2)c1. The fourth-order valence-corrected chi connectivity index (χ4v) is 4.82. The Morgan fingerprint density at radius 3 is 2.66 bits per heavy atom. The third-order valence-electron chi connectivity index (χ3n) is 6.71. The number of piperidine rings is 1. The van der Waals surface area contributed by atoms with Gasteiger partial charge in [-0.3, -0.25) is 4.79 Å². The van der Waals surface area contributed by atoms with Crippen LogP contribution in [0.3, 0.4) is 0 Å². The zero-order valence-corrected chi connectivity index (χ0v) is 21.4. The van der Waals surface area contributed by atoms with Gasteiger partial charge in [0.25, 0.3) is 5.95 Å². The summed E-state index contributed by atoms with van der Waals surface area (Å²) in [4.78, 5) is 24.1. The summed E-state index contributed by atoms with van der Waals surface area (Å²) in [5.41, 5.74) is 4.56. The van der Waals surface area contributed by atoms with Crippen LogP contribution in [0.1, 0.15) is 42.5 Å². The largest absolute Gasteiger partial charge is 0.342 e. The zero-order chi connectivity index (χ0) is 26.3. The minimum absolute atomic E-state index is 0.0771. The highest BCUT2D eigenvalue weighted by Crippen LogP contribution is 2.31. The van der Waals surface area contributed by atoms with E-state index in [9.17, 15) is 9.18 Å². The molecule has 5 rings (SSSR count). The first-order chi connectivity index (χ1) is 18.6. The van der Waals surface area contributed by atoms with Crippen molar-refractivity contribution in [3.05, 3.63) is 114 Å². The summed E-state index contributed by atoms with van der Waals surface area (Å²) >= 11 is 0. The van der Waals surface area contributed by atoms with Crippen molar-refractivity contribution in [1.29, 1.82) is 0 Å². The lowest BCUT2D eigenvalue weighted by Gasteiger charge is -2.33. The Hall–Kier alpha value is -4.39. The number of amides is 1. The Morgan fingerprint density at radius 2 is 1.87 bits per heavy atom. The lowest BCUT2D eigenvalue weighted by Crippen LogP contribution is -2.40. The number of nitrogens with zero attached hydrogens (tertiary/aromatic N) is 5. The maximum atomic E-state index is 13.5. The van der Waals surface area contributed by atoms with Crippen molar-refractivity contribution in [1.82, 2.24) is 24.6 Å². The van der Waals surface area contributed by atoms with Gasteiger partial charge in [0.2, 0.25) is 5.91 Å². The molecule has 4 aromatic rings. The third kappa shape index (κ3) is 5.94. The number of likely N-dealkylation sites (tertiary alicyclic amines) is 1. The fraction of sp³-hybridized carbons (Fsp3) is 0.226. The Balaban J connectivity index is 1.37. The molecule has 0 saturated carbocycles. The molecular weight excluding hydrogens is 477 g/mol. The first-order valence-corrected chi connectivity index (χ1v) is 12.9. The highest BCUT2D eigenvalue weighted by atomic mass is 19.1. The van der Waals surface area contributed by atoms with Crippen LogP contribution in [-0.2, 0) is 11.2 Å². The molecule has 2 aromatic carbocycles. The maximum absolute atomic E-state index is 13.5. The van der Waals surface area contributed by atoms with Crippen molar-refractivity contribution in [3.8, 4) is 17.2 Å². The molecule has 0 aliphatic carbocycles. The molecule has 1 atom stereocenters. The van der Waals surface area contributed by atoms with Gasteiger partial charge in [0, 0.05) is 37.0 Å². The Kier molecular flexibility index (Phi) is 7.83. The van der Waals surface area contributed by atoms with Crippen molar-refractivity contribution in [2.45, 2.75) is 32.1 Å². The molecular formula is C31H30FN5O. The summed E-state index contributed by atoms with van der Waals surface area (Å²) in [6.07, 6.45) is 13.6. The molecule has 1 amide bonds. The highest BCUT2D eigenvalue weighted by Gasteiger charge is 2.29. The maximum Gasteiger partial charge on any atom is 0.250 e. The molecule has 3 heterocycles. The predicted octanol–water partition coefficient (Wildman–Crippen LogP) is 6.01. The van der Waals surface area contributed by atoms with Gasteiger partial charge in [-0.25, -0.2) is 19.0 Å². The molecule has 1 aliphatic rings. The minimum atomic E-state index is -0.291. The topological polar surface area (TPSA) is 63.9 Å². The molecule has 1 unspecified atom stereocenters. The lowest BCUT2D eigenvalue weighted by atomic mass is 9.93. The van der Waals surface area contributed by atoms with Gasteiger partial charge in [-0.2, -0.15) is 5.10 Å². The summed E-state index contributed by atoms with van der Waals surface area (Å²) in [6, 6.07) is 18.2. The number of rotatable bonds is 7. The van der Waals surface area contributed by atoms with Crippen molar-refractivity contribution >= 4 is 12.0 Å². The number of benzene rings is 2. The molecule has 0 spiro atoms. The molecule has 1 fully saturated rings. The molecule has 0 bridgehead atoms. The van der Waals surface area contributed by atoms with Crippen LogP contribution in [0.5, 0.6) is 0 Å². The van der Waals surface area contributed by atoms with Crippen LogP contribution in [0.15, 0.2) is 91.3 Å². The van der Waals surface area contributed by atoms with E-state index in [-0.39, 0.29) is 17.6 Å². The van der Waals surface area contributed by atoms with Gasteiger partial charge in [-0.15, -0.1) is 0 Å². The van der Waals surface area contributed by atoms with Gasteiger partial charge in [0.1, 0.15) is 5.82 Å². The predicted molar refractivity (Wildman–Crippen MR) is 147 cm³/mol. The second-order valence-electron chi connectivity index (χ2n) is 9.41. The summed E-state index contributed by atoms with van der Waals surface area (Å²) in [5, 5.41) is 4.79. The quantitative estimate of drug-likeness (QED) is 0.288. The van der Waals surface area contributed by atoms with E-state index in [1.165, 1.54) is 12.1 Å². The van der Waals surface area contributed by atoms with Crippen LogP contribution in [-0.4, -0.2) is 43.6 Å². The number of allylic oxidation sites excluding steroid dienone is 3. The summed E-state index contributed by atoms with van der Waals surface area (Å²) in [5.74, 6) is 0.376. The number of aromatic nitrogens is 4. The molecule has 7 heteroatoms. The molecule has 1 saturated heterocycles. The van der Waals surface area contributed by atoms with Gasteiger partial charge in [0.15, 0.2) is 0 Å². The number of carbonyl (C=O) groups is 1. The number of carbonyl (C=O) groups excluding carboxylic acids is 1. The van der Waals surface area contributed by atoms with E-state index in [2.05, 4.69) is 16.0 Å². The zero-order valence-electron chi connectivity index (χ0n) is 21.4. The van der Waals surface area contributed by atoms with Crippen molar-refractivity contribution in [2.75, 3.05) is 13.1 Å². The van der Waals surface area contributed by atoms with Crippen LogP contribution in [0.2, 0.25) is 0 Å². The molecule has 0 radical (unpaired) electrons. The van der Waals surface area contributed by atoms with Gasteiger partial charge >= 0.3 is 0 Å². The molecule has 1 aliphatic heterocycles. The highest BCUT2D eigenvalue weighted by molar-refractivity contribution is 5.79. The van der Waals surface area contributed by atoms with Crippen LogP contribution >= 0.6 is 0 Å². The van der Waals surface area contributed by atoms with Gasteiger partial charge in [-0.1, -0.05) is 48.6 Å². The molecule has 38 heavy (non-hydrogen) atoms. The number of hydrogen-bond donors (Lipinski definition) is 0. The fourth-order valence-electron chi connectivity index (χ4n) is 4.82. The average Bonchev–Trinajstić information content (AvgIpc) is 3.40. The summed E-state index contributed by atoms with van der Waals surface area (Å²) in [6.45, 7) is 3.31. The Bertz CT molecular complexity index is 1440. The first-order valence-electron chi connectivity index (χ1n) is 12.9. The number of hydrogen-bond acceptors (Lipinski definition) is 4. The monoisotopic (exact) mass is 507 g/mol. The van der Waals surface area contributed by atoms with E-state index in [1.54, 1.807) is 35.3 Å². The summed E-state index contributed by atoms with van der Waals surface area (Å²) < 4.78 is 15.3. The molecule has 0 N–H and O–H groups in total. The standard InChI is InChI=1S/C31H30FN5O/c1-2-3-4-8-23-9-5-10-24(19-23)20-30(38)36-18-6-11-26(22-36)29-21-28(25-12-14-27(32)15-13-25)35-37(29)31-33-16-7-17-34-31/h2-5,7-10,12-17,19,21,26H,6,11,18,20,22H2,1H3/b3-2-,8-4-. The van der Waals surface area contributed by atoms with E-state index in [1.807, 2.05) is 60.4 Å². The average molecular weight is 508 g/mol. The van der Waals surface area contributed by atoms with Crippen molar-refractivity contribution in [2.24, 2.45) is 0 Å². The Labute approximate surface area is 222 Å². The second kappa shape index (κ2) is 11.8. The minimum Gasteiger partial charge on any atom is -0.342 e. The third-order valence-corrected chi connectivity index (χ3v) is 6.71. The second-order valence-corrected chi connectivity index (χ2v) is 9.41. The van der Waals surface area contributed by atoms with E-state index >= 15 is 0 Å². The van der Waals surface area contributed by atoms with E-state index in [4.69, 9.17) is 5.10 Å². The van der Waals surface area contributed by atoms with E-state index in [0.717, 1.165) is 47.5 Å². The Morgan fingerprint density at radius 1 is 1.05 bits per heavy atom. The van der Waals surface area contributed by atoms with Crippen LogP contribution in [0, 0.1) is 5.82 Å². The number of halogens is 1.